The van der Waals surface area contributed by atoms with E-state index in [0.29, 0.717) is 6.42 Å². The summed E-state index contributed by atoms with van der Waals surface area (Å²) >= 11 is 0. The lowest BCUT2D eigenvalue weighted by Gasteiger charge is -2.02. The van der Waals surface area contributed by atoms with Crippen LogP contribution in [0.1, 0.15) is 5.69 Å². The van der Waals surface area contributed by atoms with E-state index in [9.17, 15) is 8.42 Å². The molecule has 1 rings (SSSR count). The van der Waals surface area contributed by atoms with Crippen molar-refractivity contribution < 1.29 is 8.42 Å². The van der Waals surface area contributed by atoms with Crippen LogP contribution in [0.4, 0.5) is 0 Å². The molecule has 0 amide bonds. The Hall–Kier alpha value is -0.880. The molecular weight excluding hydrogens is 202 g/mol. The molecular formula is C8H15N3O2S. The van der Waals surface area contributed by atoms with Gasteiger partial charge in [-0.25, -0.2) is 8.42 Å². The van der Waals surface area contributed by atoms with E-state index < -0.39 is 9.84 Å². The maximum absolute atomic E-state index is 11.3. The highest BCUT2D eigenvalue weighted by Gasteiger charge is 2.10. The van der Waals surface area contributed by atoms with Gasteiger partial charge in [0.15, 0.2) is 9.84 Å². The molecule has 0 saturated carbocycles. The number of nitrogens with two attached hydrogens (primary N) is 1. The zero-order chi connectivity index (χ0) is 10.6. The smallest absolute Gasteiger partial charge is 0.151 e. The molecule has 6 heteroatoms. The largest absolute Gasteiger partial charge is 0.329 e. The summed E-state index contributed by atoms with van der Waals surface area (Å²) in [7, 11) is -1.19. The Morgan fingerprint density at radius 2 is 2.21 bits per heavy atom. The number of aromatic nitrogens is 2. The summed E-state index contributed by atoms with van der Waals surface area (Å²) < 4.78 is 24.3. The van der Waals surface area contributed by atoms with Crippen molar-refractivity contribution >= 4 is 9.84 Å². The van der Waals surface area contributed by atoms with Gasteiger partial charge >= 0.3 is 0 Å². The van der Waals surface area contributed by atoms with Gasteiger partial charge in [0, 0.05) is 31.9 Å². The van der Waals surface area contributed by atoms with Crippen molar-refractivity contribution in [1.29, 1.82) is 0 Å². The van der Waals surface area contributed by atoms with E-state index in [1.165, 1.54) is 0 Å². The first-order valence-corrected chi connectivity index (χ1v) is 6.24. The summed E-state index contributed by atoms with van der Waals surface area (Å²) in [6.45, 7) is 0.188. The standard InChI is InChI=1S/C8H15N3O2S/c1-11-8(2-5-10-11)3-6-14(12,13)7-4-9/h2,5H,3-4,6-7,9H2,1H3. The van der Waals surface area contributed by atoms with E-state index in [1.807, 2.05) is 6.07 Å². The fourth-order valence-electron chi connectivity index (χ4n) is 1.19. The minimum Gasteiger partial charge on any atom is -0.329 e. The maximum atomic E-state index is 11.3. The second-order valence-corrected chi connectivity index (χ2v) is 5.44. The monoisotopic (exact) mass is 217 g/mol. The van der Waals surface area contributed by atoms with Gasteiger partial charge in [0.05, 0.1) is 11.5 Å². The third-order valence-corrected chi connectivity index (χ3v) is 3.70. The van der Waals surface area contributed by atoms with Gasteiger partial charge in [-0.1, -0.05) is 0 Å². The van der Waals surface area contributed by atoms with Gasteiger partial charge in [0.2, 0.25) is 0 Å². The molecule has 0 aromatic carbocycles. The number of rotatable bonds is 5. The quantitative estimate of drug-likeness (QED) is 0.710. The summed E-state index contributed by atoms with van der Waals surface area (Å²) in [5, 5.41) is 3.96. The minimum atomic E-state index is -2.99. The topological polar surface area (TPSA) is 78.0 Å². The highest BCUT2D eigenvalue weighted by atomic mass is 32.2. The molecule has 5 nitrogen and oxygen atoms in total. The number of hydrogen-bond donors (Lipinski definition) is 1. The summed E-state index contributed by atoms with van der Waals surface area (Å²) in [6.07, 6.45) is 2.16. The van der Waals surface area contributed by atoms with Gasteiger partial charge < -0.3 is 5.73 Å². The van der Waals surface area contributed by atoms with Crippen molar-refractivity contribution in [2.45, 2.75) is 6.42 Å². The van der Waals surface area contributed by atoms with Gasteiger partial charge in [-0.2, -0.15) is 5.10 Å². The highest BCUT2D eigenvalue weighted by Crippen LogP contribution is 2.00. The Morgan fingerprint density at radius 3 is 2.71 bits per heavy atom. The summed E-state index contributed by atoms with van der Waals surface area (Å²) in [5.41, 5.74) is 6.12. The first-order valence-electron chi connectivity index (χ1n) is 4.42. The van der Waals surface area contributed by atoms with Crippen LogP contribution in [-0.4, -0.2) is 36.2 Å². The number of nitrogens with zero attached hydrogens (tertiary/aromatic N) is 2. The molecule has 0 fully saturated rings. The zero-order valence-electron chi connectivity index (χ0n) is 8.18. The van der Waals surface area contributed by atoms with E-state index in [-0.39, 0.29) is 18.1 Å². The lowest BCUT2D eigenvalue weighted by atomic mass is 10.3. The molecule has 2 N–H and O–H groups in total. The molecule has 0 aliphatic carbocycles. The average molecular weight is 217 g/mol. The SMILES string of the molecule is Cn1nccc1CCS(=O)(=O)CCN. The summed E-state index contributed by atoms with van der Waals surface area (Å²) in [5.74, 6) is 0.203. The molecule has 0 aliphatic rings. The summed E-state index contributed by atoms with van der Waals surface area (Å²) in [6, 6.07) is 1.82. The Balaban J connectivity index is 2.53. The Bertz CT molecular complexity index is 383. The highest BCUT2D eigenvalue weighted by molar-refractivity contribution is 7.91. The molecule has 1 heterocycles. The van der Waals surface area contributed by atoms with Crippen LogP contribution in [0, 0.1) is 0 Å². The van der Waals surface area contributed by atoms with E-state index in [2.05, 4.69) is 5.10 Å². The van der Waals surface area contributed by atoms with Crippen molar-refractivity contribution in [3.8, 4) is 0 Å². The lowest BCUT2D eigenvalue weighted by molar-refractivity contribution is 0.593. The van der Waals surface area contributed by atoms with E-state index in [1.54, 1.807) is 17.9 Å². The van der Waals surface area contributed by atoms with E-state index in [4.69, 9.17) is 5.73 Å². The van der Waals surface area contributed by atoms with E-state index in [0.717, 1.165) is 5.69 Å². The van der Waals surface area contributed by atoms with Crippen LogP contribution in [0.25, 0.3) is 0 Å². The fourth-order valence-corrected chi connectivity index (χ4v) is 2.27. The molecule has 0 bridgehead atoms. The van der Waals surface area contributed by atoms with Crippen LogP contribution in [-0.2, 0) is 23.3 Å². The van der Waals surface area contributed by atoms with Gasteiger partial charge in [-0.15, -0.1) is 0 Å². The lowest BCUT2D eigenvalue weighted by Crippen LogP contribution is -2.20. The molecule has 0 saturated heterocycles. The zero-order valence-corrected chi connectivity index (χ0v) is 9.00. The molecule has 14 heavy (non-hydrogen) atoms. The molecule has 0 spiro atoms. The second kappa shape index (κ2) is 4.56. The van der Waals surface area contributed by atoms with Gasteiger partial charge in [0.1, 0.15) is 0 Å². The van der Waals surface area contributed by atoms with Crippen molar-refractivity contribution in [2.24, 2.45) is 12.8 Å². The van der Waals surface area contributed by atoms with Crippen molar-refractivity contribution in [1.82, 2.24) is 9.78 Å². The van der Waals surface area contributed by atoms with Crippen molar-refractivity contribution in [3.05, 3.63) is 18.0 Å². The number of sulfone groups is 1. The number of aryl methyl sites for hydroxylation is 2. The van der Waals surface area contributed by atoms with E-state index >= 15 is 0 Å². The Labute approximate surface area is 83.8 Å². The Morgan fingerprint density at radius 1 is 1.50 bits per heavy atom. The van der Waals surface area contributed by atoms with Gasteiger partial charge in [-0.3, -0.25) is 4.68 Å². The van der Waals surface area contributed by atoms with Crippen LogP contribution < -0.4 is 5.73 Å². The van der Waals surface area contributed by atoms with Gasteiger partial charge in [-0.05, 0) is 6.07 Å². The molecule has 1 aromatic rings. The van der Waals surface area contributed by atoms with Crippen LogP contribution in [0.15, 0.2) is 12.3 Å². The minimum absolute atomic E-state index is 0.0604. The number of hydrogen-bond acceptors (Lipinski definition) is 4. The average Bonchev–Trinajstić information content (AvgIpc) is 2.48. The third-order valence-electron chi connectivity index (χ3n) is 2.02. The van der Waals surface area contributed by atoms with Crippen LogP contribution in [0.5, 0.6) is 0 Å². The molecule has 0 aliphatic heterocycles. The molecule has 0 unspecified atom stereocenters. The maximum Gasteiger partial charge on any atom is 0.151 e. The summed E-state index contributed by atoms with van der Waals surface area (Å²) in [4.78, 5) is 0. The fraction of sp³-hybridized carbons (Fsp3) is 0.625. The normalized spacial score (nSPS) is 11.9. The molecule has 1 aromatic heterocycles. The van der Waals surface area contributed by atoms with Gasteiger partial charge in [0.25, 0.3) is 0 Å². The van der Waals surface area contributed by atoms with Crippen molar-refractivity contribution in [2.75, 3.05) is 18.1 Å². The predicted molar refractivity (Wildman–Crippen MR) is 54.6 cm³/mol. The second-order valence-electron chi connectivity index (χ2n) is 3.14. The third kappa shape index (κ3) is 3.12. The Kier molecular flexibility index (Phi) is 3.65. The first kappa shape index (κ1) is 11.2. The van der Waals surface area contributed by atoms with Crippen molar-refractivity contribution in [3.63, 3.8) is 0 Å². The molecule has 0 radical (unpaired) electrons. The first-order chi connectivity index (χ1) is 6.55. The van der Waals surface area contributed by atoms with Crippen LogP contribution >= 0.6 is 0 Å². The van der Waals surface area contributed by atoms with Crippen LogP contribution in [0.2, 0.25) is 0 Å². The molecule has 80 valence electrons. The molecule has 0 atom stereocenters. The van der Waals surface area contributed by atoms with Crippen LogP contribution in [0.3, 0.4) is 0 Å². The predicted octanol–water partition coefficient (Wildman–Crippen LogP) is -0.664.